The van der Waals surface area contributed by atoms with Crippen molar-refractivity contribution in [3.05, 3.63) is 24.0 Å². The minimum Gasteiger partial charge on any atom is -0.481 e. The average molecular weight is 236 g/mol. The lowest BCUT2D eigenvalue weighted by Crippen LogP contribution is -2.29. The van der Waals surface area contributed by atoms with Crippen molar-refractivity contribution < 1.29 is 14.7 Å². The van der Waals surface area contributed by atoms with Crippen LogP contribution in [0.25, 0.3) is 0 Å². The first-order valence-corrected chi connectivity index (χ1v) is 5.79. The van der Waals surface area contributed by atoms with Crippen molar-refractivity contribution in [3.63, 3.8) is 0 Å². The Morgan fingerprint density at radius 2 is 2.18 bits per heavy atom. The number of H-pyrrole nitrogens is 1. The van der Waals surface area contributed by atoms with Crippen LogP contribution in [0, 0.1) is 11.8 Å². The van der Waals surface area contributed by atoms with Crippen LogP contribution in [0.2, 0.25) is 0 Å². The predicted molar refractivity (Wildman–Crippen MR) is 61.1 cm³/mol. The third-order valence-electron chi connectivity index (χ3n) is 3.28. The number of carbonyl (C=O) groups excluding carboxylic acids is 1. The van der Waals surface area contributed by atoms with E-state index in [1.54, 1.807) is 6.20 Å². The van der Waals surface area contributed by atoms with Crippen LogP contribution in [-0.4, -0.2) is 22.0 Å². The van der Waals surface area contributed by atoms with Gasteiger partial charge < -0.3 is 15.4 Å². The van der Waals surface area contributed by atoms with Crippen molar-refractivity contribution in [1.29, 1.82) is 0 Å². The molecule has 2 unspecified atom stereocenters. The van der Waals surface area contributed by atoms with E-state index < -0.39 is 5.97 Å². The summed E-state index contributed by atoms with van der Waals surface area (Å²) >= 11 is 0. The van der Waals surface area contributed by atoms with Crippen LogP contribution in [0.5, 0.6) is 0 Å². The number of hydrogen-bond acceptors (Lipinski definition) is 2. The molecule has 1 aromatic rings. The number of aromatic amines is 1. The van der Waals surface area contributed by atoms with E-state index in [4.69, 9.17) is 5.11 Å². The molecule has 3 N–H and O–H groups in total. The Morgan fingerprint density at radius 1 is 1.41 bits per heavy atom. The van der Waals surface area contributed by atoms with Crippen LogP contribution in [0.4, 0.5) is 0 Å². The summed E-state index contributed by atoms with van der Waals surface area (Å²) in [6.07, 6.45) is 5.38. The monoisotopic (exact) mass is 236 g/mol. The van der Waals surface area contributed by atoms with Gasteiger partial charge in [-0.15, -0.1) is 0 Å². The molecule has 0 bridgehead atoms. The summed E-state index contributed by atoms with van der Waals surface area (Å²) in [5.74, 6) is -1.31. The largest absolute Gasteiger partial charge is 0.481 e. The molecule has 17 heavy (non-hydrogen) atoms. The lowest BCUT2D eigenvalue weighted by Gasteiger charge is -2.09. The van der Waals surface area contributed by atoms with E-state index in [-0.39, 0.29) is 17.7 Å². The van der Waals surface area contributed by atoms with E-state index in [0.29, 0.717) is 25.8 Å². The zero-order valence-electron chi connectivity index (χ0n) is 9.48. The molecule has 0 saturated heterocycles. The molecule has 2 rings (SSSR count). The van der Waals surface area contributed by atoms with Crippen LogP contribution >= 0.6 is 0 Å². The molecule has 2 atom stereocenters. The molecule has 1 amide bonds. The molecule has 1 saturated carbocycles. The standard InChI is InChI=1S/C12H16N2O3/c15-11(14-7-8-3-4-13-6-8)9-1-2-10(5-9)12(16)17/h3-4,6,9-10,13H,1-2,5,7H2,(H,14,15)(H,16,17). The highest BCUT2D eigenvalue weighted by Crippen LogP contribution is 2.31. The Balaban J connectivity index is 1.79. The highest BCUT2D eigenvalue weighted by atomic mass is 16.4. The number of rotatable bonds is 4. The summed E-state index contributed by atoms with van der Waals surface area (Å²) in [5, 5.41) is 11.7. The summed E-state index contributed by atoms with van der Waals surface area (Å²) in [7, 11) is 0. The van der Waals surface area contributed by atoms with Gasteiger partial charge in [-0.05, 0) is 30.9 Å². The molecule has 5 heteroatoms. The van der Waals surface area contributed by atoms with Crippen molar-refractivity contribution in [2.45, 2.75) is 25.8 Å². The third-order valence-corrected chi connectivity index (χ3v) is 3.28. The van der Waals surface area contributed by atoms with Crippen LogP contribution in [0.15, 0.2) is 18.5 Å². The molecule has 5 nitrogen and oxygen atoms in total. The Bertz CT molecular complexity index is 400. The van der Waals surface area contributed by atoms with Gasteiger partial charge in [0.1, 0.15) is 0 Å². The van der Waals surface area contributed by atoms with Gasteiger partial charge in [-0.1, -0.05) is 0 Å². The predicted octanol–water partition coefficient (Wildman–Crippen LogP) is 1.13. The SMILES string of the molecule is O=C(O)C1CCC(C(=O)NCc2cc[nH]c2)C1. The minimum absolute atomic E-state index is 0.0325. The first-order chi connectivity index (χ1) is 8.16. The molecular formula is C12H16N2O3. The number of carbonyl (C=O) groups is 2. The summed E-state index contributed by atoms with van der Waals surface area (Å²) in [6.45, 7) is 0.497. The van der Waals surface area contributed by atoms with Gasteiger partial charge in [0.25, 0.3) is 0 Å². The maximum absolute atomic E-state index is 11.8. The lowest BCUT2D eigenvalue weighted by atomic mass is 10.0. The smallest absolute Gasteiger partial charge is 0.306 e. The highest BCUT2D eigenvalue weighted by molar-refractivity contribution is 5.80. The molecule has 1 aliphatic rings. The molecule has 1 aliphatic carbocycles. The van der Waals surface area contributed by atoms with Crippen molar-refractivity contribution in [3.8, 4) is 0 Å². The lowest BCUT2D eigenvalue weighted by molar-refractivity contribution is -0.141. The number of nitrogens with one attached hydrogen (secondary N) is 2. The summed E-state index contributed by atoms with van der Waals surface area (Å²) in [5.41, 5.74) is 1.02. The number of carboxylic acid groups (broad SMARTS) is 1. The topological polar surface area (TPSA) is 82.2 Å². The van der Waals surface area contributed by atoms with Crippen LogP contribution in [0.1, 0.15) is 24.8 Å². The maximum atomic E-state index is 11.8. The van der Waals surface area contributed by atoms with Crippen LogP contribution in [-0.2, 0) is 16.1 Å². The molecule has 92 valence electrons. The second-order valence-electron chi connectivity index (χ2n) is 4.48. The zero-order valence-corrected chi connectivity index (χ0v) is 9.48. The van der Waals surface area contributed by atoms with Gasteiger partial charge in [0.15, 0.2) is 0 Å². The second kappa shape index (κ2) is 5.03. The Morgan fingerprint density at radius 3 is 2.76 bits per heavy atom. The first kappa shape index (κ1) is 11.7. The van der Waals surface area contributed by atoms with Gasteiger partial charge in [-0.2, -0.15) is 0 Å². The van der Waals surface area contributed by atoms with E-state index in [1.807, 2.05) is 12.3 Å². The zero-order chi connectivity index (χ0) is 12.3. The van der Waals surface area contributed by atoms with E-state index in [9.17, 15) is 9.59 Å². The molecule has 0 spiro atoms. The number of carboxylic acids is 1. The molecule has 0 aliphatic heterocycles. The molecule has 1 heterocycles. The van der Waals surface area contributed by atoms with E-state index >= 15 is 0 Å². The fourth-order valence-corrected chi connectivity index (χ4v) is 2.25. The van der Waals surface area contributed by atoms with Crippen molar-refractivity contribution in [2.75, 3.05) is 0 Å². The number of hydrogen-bond donors (Lipinski definition) is 3. The maximum Gasteiger partial charge on any atom is 0.306 e. The van der Waals surface area contributed by atoms with Crippen molar-refractivity contribution in [1.82, 2.24) is 10.3 Å². The Kier molecular flexibility index (Phi) is 3.46. The molecular weight excluding hydrogens is 220 g/mol. The Labute approximate surface area is 99.2 Å². The van der Waals surface area contributed by atoms with Crippen LogP contribution < -0.4 is 5.32 Å². The van der Waals surface area contributed by atoms with E-state index in [2.05, 4.69) is 10.3 Å². The third kappa shape index (κ3) is 2.87. The van der Waals surface area contributed by atoms with E-state index in [0.717, 1.165) is 5.56 Å². The molecule has 0 radical (unpaired) electrons. The number of aromatic nitrogens is 1. The summed E-state index contributed by atoms with van der Waals surface area (Å²) in [4.78, 5) is 25.5. The highest BCUT2D eigenvalue weighted by Gasteiger charge is 2.33. The molecule has 1 aromatic heterocycles. The molecule has 1 fully saturated rings. The summed E-state index contributed by atoms with van der Waals surface area (Å²) < 4.78 is 0. The van der Waals surface area contributed by atoms with Crippen molar-refractivity contribution >= 4 is 11.9 Å². The van der Waals surface area contributed by atoms with Gasteiger partial charge in [-0.3, -0.25) is 9.59 Å². The normalized spacial score (nSPS) is 23.5. The number of amides is 1. The van der Waals surface area contributed by atoms with Gasteiger partial charge in [0.05, 0.1) is 5.92 Å². The van der Waals surface area contributed by atoms with E-state index in [1.165, 1.54) is 0 Å². The Hall–Kier alpha value is -1.78. The average Bonchev–Trinajstić information content (AvgIpc) is 2.96. The fraction of sp³-hybridized carbons (Fsp3) is 0.500. The van der Waals surface area contributed by atoms with Gasteiger partial charge in [0.2, 0.25) is 5.91 Å². The first-order valence-electron chi connectivity index (χ1n) is 5.79. The second-order valence-corrected chi connectivity index (χ2v) is 4.48. The quantitative estimate of drug-likeness (QED) is 0.733. The molecule has 0 aromatic carbocycles. The summed E-state index contributed by atoms with van der Waals surface area (Å²) in [6, 6.07) is 1.90. The number of aliphatic carboxylic acids is 1. The van der Waals surface area contributed by atoms with Crippen LogP contribution in [0.3, 0.4) is 0 Å². The van der Waals surface area contributed by atoms with Gasteiger partial charge >= 0.3 is 5.97 Å². The van der Waals surface area contributed by atoms with Gasteiger partial charge in [-0.25, -0.2) is 0 Å². The minimum atomic E-state index is -0.786. The fourth-order valence-electron chi connectivity index (χ4n) is 2.25. The van der Waals surface area contributed by atoms with Crippen molar-refractivity contribution in [2.24, 2.45) is 11.8 Å². The van der Waals surface area contributed by atoms with Gasteiger partial charge in [0, 0.05) is 24.9 Å².